The Hall–Kier alpha value is -1.69. The lowest BCUT2D eigenvalue weighted by Crippen LogP contribution is -2.59. The molecular formula is C18H26N2O3S. The Kier molecular flexibility index (Phi) is 6.15. The van der Waals surface area contributed by atoms with Crippen LogP contribution in [0.25, 0.3) is 0 Å². The van der Waals surface area contributed by atoms with E-state index >= 15 is 0 Å². The van der Waals surface area contributed by atoms with Crippen molar-refractivity contribution < 1.29 is 14.4 Å². The second-order valence-electron chi connectivity index (χ2n) is 6.52. The molecule has 2 N–H and O–H groups in total. The molecule has 1 aromatic heterocycles. The summed E-state index contributed by atoms with van der Waals surface area (Å²) in [5.41, 5.74) is -0.0915. The van der Waals surface area contributed by atoms with E-state index in [0.29, 0.717) is 18.4 Å². The lowest BCUT2D eigenvalue weighted by atomic mass is 9.80. The first-order valence-corrected chi connectivity index (χ1v) is 9.33. The number of hydrogen-bond acceptors (Lipinski definition) is 4. The third-order valence-corrected chi connectivity index (χ3v) is 5.63. The minimum Gasteiger partial charge on any atom is -0.357 e. The van der Waals surface area contributed by atoms with Gasteiger partial charge in [-0.25, -0.2) is 0 Å². The molecule has 1 aliphatic carbocycles. The molecule has 0 aromatic carbocycles. The van der Waals surface area contributed by atoms with Gasteiger partial charge in [0.2, 0.25) is 11.8 Å². The van der Waals surface area contributed by atoms with Crippen LogP contribution in [0.5, 0.6) is 0 Å². The molecule has 2 rings (SSSR count). The van der Waals surface area contributed by atoms with Crippen molar-refractivity contribution in [2.24, 2.45) is 0 Å². The first kappa shape index (κ1) is 18.6. The molecule has 0 aliphatic heterocycles. The summed E-state index contributed by atoms with van der Waals surface area (Å²) in [4.78, 5) is 38.9. The molecule has 0 spiro atoms. The highest BCUT2D eigenvalue weighted by atomic mass is 32.1. The van der Waals surface area contributed by atoms with E-state index < -0.39 is 5.54 Å². The number of amides is 2. The lowest BCUT2D eigenvalue weighted by Gasteiger charge is -2.36. The number of likely N-dealkylation sites (N-methyl/N-ethyl adjacent to an activating group) is 1. The first-order valence-electron chi connectivity index (χ1n) is 8.51. The second kappa shape index (κ2) is 7.92. The number of carbonyl (C=O) groups excluding carboxylic acids is 3. The summed E-state index contributed by atoms with van der Waals surface area (Å²) in [6, 6.07) is 1.88. The van der Waals surface area contributed by atoms with Crippen LogP contribution in [0, 0.1) is 13.8 Å². The predicted octanol–water partition coefficient (Wildman–Crippen LogP) is 2.89. The molecule has 0 radical (unpaired) electrons. The average molecular weight is 350 g/mol. The zero-order valence-electron chi connectivity index (χ0n) is 14.7. The van der Waals surface area contributed by atoms with Crippen LogP contribution in [0.1, 0.15) is 65.1 Å². The van der Waals surface area contributed by atoms with Crippen LogP contribution in [0.2, 0.25) is 0 Å². The van der Waals surface area contributed by atoms with Gasteiger partial charge < -0.3 is 10.6 Å². The average Bonchev–Trinajstić information content (AvgIpc) is 2.91. The van der Waals surface area contributed by atoms with E-state index in [9.17, 15) is 14.4 Å². The highest BCUT2D eigenvalue weighted by molar-refractivity contribution is 7.12. The van der Waals surface area contributed by atoms with Crippen molar-refractivity contribution in [3.63, 3.8) is 0 Å². The fourth-order valence-corrected chi connectivity index (χ4v) is 4.34. The van der Waals surface area contributed by atoms with Crippen LogP contribution >= 0.6 is 11.3 Å². The van der Waals surface area contributed by atoms with Crippen LogP contribution in [-0.2, 0) is 9.59 Å². The summed E-state index contributed by atoms with van der Waals surface area (Å²) >= 11 is 1.59. The number of ketones is 1. The van der Waals surface area contributed by atoms with Crippen molar-refractivity contribution in [3.8, 4) is 0 Å². The largest absolute Gasteiger partial charge is 0.357 e. The topological polar surface area (TPSA) is 75.3 Å². The molecule has 1 fully saturated rings. The highest BCUT2D eigenvalue weighted by Crippen LogP contribution is 2.29. The number of rotatable bonds is 6. The van der Waals surface area contributed by atoms with Crippen LogP contribution in [0.3, 0.4) is 0 Å². The van der Waals surface area contributed by atoms with Gasteiger partial charge in [0.25, 0.3) is 0 Å². The molecule has 1 aliphatic rings. The van der Waals surface area contributed by atoms with Crippen molar-refractivity contribution in [2.45, 2.75) is 64.3 Å². The summed E-state index contributed by atoms with van der Waals surface area (Å²) in [6.07, 6.45) is 4.56. The van der Waals surface area contributed by atoms with Crippen LogP contribution in [0.4, 0.5) is 0 Å². The van der Waals surface area contributed by atoms with Gasteiger partial charge in [-0.15, -0.1) is 11.3 Å². The lowest BCUT2D eigenvalue weighted by molar-refractivity contribution is -0.134. The molecule has 132 valence electrons. The van der Waals surface area contributed by atoms with E-state index in [-0.39, 0.29) is 30.4 Å². The molecule has 0 bridgehead atoms. The molecule has 5 nitrogen and oxygen atoms in total. The molecule has 24 heavy (non-hydrogen) atoms. The number of aryl methyl sites for hydroxylation is 2. The zero-order valence-corrected chi connectivity index (χ0v) is 15.5. The molecule has 1 aromatic rings. The van der Waals surface area contributed by atoms with Gasteiger partial charge in [-0.05, 0) is 32.8 Å². The normalized spacial score (nSPS) is 16.5. The SMILES string of the molecule is CNC(=O)C1(NC(=O)CCC(=O)c2cc(C)sc2C)CCCCC1. The number of hydrogen-bond donors (Lipinski definition) is 2. The van der Waals surface area contributed by atoms with E-state index in [1.54, 1.807) is 18.4 Å². The van der Waals surface area contributed by atoms with E-state index in [1.165, 1.54) is 0 Å². The van der Waals surface area contributed by atoms with Crippen molar-refractivity contribution in [1.82, 2.24) is 10.6 Å². The Labute approximate surface area is 147 Å². The van der Waals surface area contributed by atoms with Crippen molar-refractivity contribution in [3.05, 3.63) is 21.4 Å². The van der Waals surface area contributed by atoms with Crippen LogP contribution in [0.15, 0.2) is 6.07 Å². The van der Waals surface area contributed by atoms with Gasteiger partial charge in [-0.3, -0.25) is 14.4 Å². The fourth-order valence-electron chi connectivity index (χ4n) is 3.40. The molecule has 0 saturated heterocycles. The van der Waals surface area contributed by atoms with Crippen LogP contribution < -0.4 is 10.6 Å². The molecule has 1 heterocycles. The molecule has 0 atom stereocenters. The molecule has 0 unspecified atom stereocenters. The highest BCUT2D eigenvalue weighted by Gasteiger charge is 2.40. The number of thiophene rings is 1. The van der Waals surface area contributed by atoms with E-state index in [2.05, 4.69) is 10.6 Å². The smallest absolute Gasteiger partial charge is 0.245 e. The van der Waals surface area contributed by atoms with Crippen molar-refractivity contribution in [1.29, 1.82) is 0 Å². The summed E-state index contributed by atoms with van der Waals surface area (Å²) < 4.78 is 0. The Morgan fingerprint density at radius 2 is 1.79 bits per heavy atom. The van der Waals surface area contributed by atoms with Gasteiger partial charge in [0.05, 0.1) is 0 Å². The Balaban J connectivity index is 1.95. The maximum Gasteiger partial charge on any atom is 0.245 e. The third kappa shape index (κ3) is 4.23. The summed E-state index contributed by atoms with van der Waals surface area (Å²) in [5.74, 6) is -0.366. The fraction of sp³-hybridized carbons (Fsp3) is 0.611. The standard InChI is InChI=1S/C18H26N2O3S/c1-12-11-14(13(2)24-12)15(21)7-8-16(22)20-18(17(23)19-3)9-5-4-6-10-18/h11H,4-10H2,1-3H3,(H,19,23)(H,20,22). The number of carbonyl (C=O) groups is 3. The van der Waals surface area contributed by atoms with Gasteiger partial charge in [0, 0.05) is 35.2 Å². The van der Waals surface area contributed by atoms with Gasteiger partial charge in [0.1, 0.15) is 5.54 Å². The molecular weight excluding hydrogens is 324 g/mol. The summed E-state index contributed by atoms with van der Waals surface area (Å²) in [6.45, 7) is 3.89. The minimum absolute atomic E-state index is 0.00960. The Bertz CT molecular complexity index is 630. The van der Waals surface area contributed by atoms with Crippen molar-refractivity contribution in [2.75, 3.05) is 7.05 Å². The van der Waals surface area contributed by atoms with E-state index in [1.807, 2.05) is 19.9 Å². The summed E-state index contributed by atoms with van der Waals surface area (Å²) in [5, 5.41) is 5.57. The van der Waals surface area contributed by atoms with Gasteiger partial charge in [-0.2, -0.15) is 0 Å². The zero-order chi connectivity index (χ0) is 17.7. The van der Waals surface area contributed by atoms with Gasteiger partial charge >= 0.3 is 0 Å². The number of Topliss-reactive ketones (excluding diaryl/α,β-unsaturated/α-hetero) is 1. The molecule has 6 heteroatoms. The second-order valence-corrected chi connectivity index (χ2v) is 7.98. The summed E-state index contributed by atoms with van der Waals surface area (Å²) in [7, 11) is 1.59. The Morgan fingerprint density at radius 3 is 2.33 bits per heavy atom. The first-order chi connectivity index (χ1) is 11.4. The number of nitrogens with one attached hydrogen (secondary N) is 2. The third-order valence-electron chi connectivity index (χ3n) is 4.67. The monoisotopic (exact) mass is 350 g/mol. The van der Waals surface area contributed by atoms with Crippen molar-refractivity contribution >= 4 is 28.9 Å². The maximum atomic E-state index is 12.3. The maximum absolute atomic E-state index is 12.3. The quantitative estimate of drug-likeness (QED) is 0.775. The van der Waals surface area contributed by atoms with Gasteiger partial charge in [0.15, 0.2) is 5.78 Å². The Morgan fingerprint density at radius 1 is 1.12 bits per heavy atom. The van der Waals surface area contributed by atoms with Crippen LogP contribution in [-0.4, -0.2) is 30.2 Å². The van der Waals surface area contributed by atoms with Gasteiger partial charge in [-0.1, -0.05) is 19.3 Å². The minimum atomic E-state index is -0.804. The molecule has 2 amide bonds. The predicted molar refractivity (Wildman–Crippen MR) is 95.4 cm³/mol. The molecule has 1 saturated carbocycles. The van der Waals surface area contributed by atoms with E-state index in [0.717, 1.165) is 29.0 Å². The van der Waals surface area contributed by atoms with E-state index in [4.69, 9.17) is 0 Å².